The van der Waals surface area contributed by atoms with Crippen LogP contribution < -0.4 is 4.74 Å². The molecule has 0 atom stereocenters. The molecule has 0 N–H and O–H groups in total. The number of halogens is 2. The number of nitrogens with zero attached hydrogens (tertiary/aromatic N) is 1. The Bertz CT molecular complexity index is 594. The predicted molar refractivity (Wildman–Crippen MR) is 76.2 cm³/mol. The minimum atomic E-state index is -0.712. The number of ether oxygens (including phenoxy) is 1. The van der Waals surface area contributed by atoms with Gasteiger partial charge in [-0.15, -0.1) is 0 Å². The van der Waals surface area contributed by atoms with Crippen LogP contribution >= 0.6 is 0 Å². The summed E-state index contributed by atoms with van der Waals surface area (Å²) in [5.41, 5.74) is 3.06. The zero-order chi connectivity index (χ0) is 14.9. The van der Waals surface area contributed by atoms with Gasteiger partial charge in [-0.2, -0.15) is 0 Å². The Labute approximate surface area is 117 Å². The van der Waals surface area contributed by atoms with Crippen LogP contribution in [-0.2, 0) is 0 Å². The summed E-state index contributed by atoms with van der Waals surface area (Å²) in [4.78, 5) is 1.93. The Morgan fingerprint density at radius 3 is 2.30 bits per heavy atom. The highest BCUT2D eigenvalue weighted by atomic mass is 19.1. The first kappa shape index (κ1) is 14.3. The van der Waals surface area contributed by atoms with Crippen LogP contribution in [0.5, 0.6) is 5.75 Å². The summed E-state index contributed by atoms with van der Waals surface area (Å²) >= 11 is 0. The predicted octanol–water partition coefficient (Wildman–Crippen LogP) is 4.11. The Morgan fingerprint density at radius 2 is 1.80 bits per heavy atom. The third-order valence-electron chi connectivity index (χ3n) is 3.38. The van der Waals surface area contributed by atoms with Crippen LogP contribution in [0.4, 0.5) is 8.78 Å². The molecule has 1 aromatic rings. The lowest BCUT2D eigenvalue weighted by molar-refractivity contribution is 0.359. The molecule has 1 heterocycles. The van der Waals surface area contributed by atoms with Gasteiger partial charge in [0.25, 0.3) is 0 Å². The van der Waals surface area contributed by atoms with Crippen molar-refractivity contribution >= 4 is 5.70 Å². The fourth-order valence-electron chi connectivity index (χ4n) is 2.26. The molecule has 4 heteroatoms. The Balaban J connectivity index is 2.53. The maximum absolute atomic E-state index is 13.8. The van der Waals surface area contributed by atoms with Crippen molar-refractivity contribution in [3.8, 4) is 5.75 Å². The van der Waals surface area contributed by atoms with Gasteiger partial charge >= 0.3 is 0 Å². The summed E-state index contributed by atoms with van der Waals surface area (Å²) < 4.78 is 32.3. The number of methoxy groups -OCH3 is 1. The highest BCUT2D eigenvalue weighted by Gasteiger charge is 2.20. The fraction of sp³-hybridized carbons (Fsp3) is 0.250. The molecule has 0 amide bonds. The Kier molecular flexibility index (Phi) is 3.93. The molecular weight excluding hydrogens is 260 g/mol. The summed E-state index contributed by atoms with van der Waals surface area (Å²) in [6.45, 7) is 8.60. The highest BCUT2D eigenvalue weighted by Crippen LogP contribution is 2.33. The third kappa shape index (κ3) is 2.33. The summed E-state index contributed by atoms with van der Waals surface area (Å²) in [5.74, 6) is -1.79. The molecule has 0 aromatic heterocycles. The van der Waals surface area contributed by atoms with Crippen LogP contribution in [0, 0.1) is 11.6 Å². The van der Waals surface area contributed by atoms with Crippen molar-refractivity contribution in [3.05, 3.63) is 59.3 Å². The molecule has 106 valence electrons. The van der Waals surface area contributed by atoms with Crippen molar-refractivity contribution in [1.29, 1.82) is 0 Å². The van der Waals surface area contributed by atoms with Gasteiger partial charge in [0.15, 0.2) is 17.4 Å². The first-order chi connectivity index (χ1) is 9.49. The van der Waals surface area contributed by atoms with Gasteiger partial charge in [0.05, 0.1) is 7.11 Å². The zero-order valence-corrected chi connectivity index (χ0v) is 11.8. The summed E-state index contributed by atoms with van der Waals surface area (Å²) in [6, 6.07) is 2.55. The number of hydrogen-bond donors (Lipinski definition) is 0. The van der Waals surface area contributed by atoms with E-state index >= 15 is 0 Å². The van der Waals surface area contributed by atoms with Crippen molar-refractivity contribution in [2.75, 3.05) is 13.7 Å². The van der Waals surface area contributed by atoms with Crippen LogP contribution in [-0.4, -0.2) is 18.6 Å². The number of benzene rings is 1. The topological polar surface area (TPSA) is 12.5 Å². The SMILES string of the molecule is C=C1C(C)=CC=C(c2cc(F)c(OC)c(F)c2)N1CC. The second-order valence-electron chi connectivity index (χ2n) is 4.57. The summed E-state index contributed by atoms with van der Waals surface area (Å²) in [7, 11) is 1.24. The molecule has 0 radical (unpaired) electrons. The lowest BCUT2D eigenvalue weighted by Crippen LogP contribution is -2.23. The molecule has 1 aliphatic rings. The number of hydrogen-bond acceptors (Lipinski definition) is 2. The maximum atomic E-state index is 13.8. The minimum Gasteiger partial charge on any atom is -0.491 e. The van der Waals surface area contributed by atoms with E-state index in [1.54, 1.807) is 0 Å². The molecule has 0 spiro atoms. The van der Waals surface area contributed by atoms with Crippen molar-refractivity contribution in [1.82, 2.24) is 4.90 Å². The van der Waals surface area contributed by atoms with Gasteiger partial charge in [-0.3, -0.25) is 0 Å². The molecule has 2 nitrogen and oxygen atoms in total. The van der Waals surface area contributed by atoms with E-state index in [9.17, 15) is 8.78 Å². The fourth-order valence-corrected chi connectivity index (χ4v) is 2.26. The van der Waals surface area contributed by atoms with E-state index in [1.165, 1.54) is 19.2 Å². The van der Waals surface area contributed by atoms with E-state index in [0.717, 1.165) is 17.0 Å². The maximum Gasteiger partial charge on any atom is 0.190 e. The molecule has 0 bridgehead atoms. The molecule has 0 saturated heterocycles. The number of allylic oxidation sites excluding steroid dienone is 3. The molecule has 2 rings (SSSR count). The van der Waals surface area contributed by atoms with Gasteiger partial charge < -0.3 is 9.64 Å². The molecule has 0 unspecified atom stereocenters. The second kappa shape index (κ2) is 5.49. The van der Waals surface area contributed by atoms with Crippen LogP contribution in [0.2, 0.25) is 0 Å². The summed E-state index contributed by atoms with van der Waals surface area (Å²) in [6.07, 6.45) is 3.73. The lowest BCUT2D eigenvalue weighted by Gasteiger charge is -2.31. The van der Waals surface area contributed by atoms with Crippen molar-refractivity contribution in [2.45, 2.75) is 13.8 Å². The monoisotopic (exact) mass is 277 g/mol. The third-order valence-corrected chi connectivity index (χ3v) is 3.38. The van der Waals surface area contributed by atoms with Crippen LogP contribution in [0.25, 0.3) is 5.70 Å². The molecular formula is C16H17F2NO. The van der Waals surface area contributed by atoms with Crippen LogP contribution in [0.3, 0.4) is 0 Å². The van der Waals surface area contributed by atoms with Gasteiger partial charge in [0, 0.05) is 23.5 Å². The molecule has 0 fully saturated rings. The first-order valence-corrected chi connectivity index (χ1v) is 6.38. The first-order valence-electron chi connectivity index (χ1n) is 6.38. The van der Waals surface area contributed by atoms with Crippen LogP contribution in [0.15, 0.2) is 42.1 Å². The van der Waals surface area contributed by atoms with Gasteiger partial charge in [0.1, 0.15) is 0 Å². The highest BCUT2D eigenvalue weighted by molar-refractivity contribution is 5.71. The molecule has 0 saturated carbocycles. The zero-order valence-electron chi connectivity index (χ0n) is 11.8. The van der Waals surface area contributed by atoms with Crippen molar-refractivity contribution in [3.63, 3.8) is 0 Å². The van der Waals surface area contributed by atoms with Gasteiger partial charge in [-0.1, -0.05) is 12.7 Å². The largest absolute Gasteiger partial charge is 0.491 e. The molecule has 1 aliphatic heterocycles. The lowest BCUT2D eigenvalue weighted by atomic mass is 10.0. The van der Waals surface area contributed by atoms with E-state index in [-0.39, 0.29) is 5.75 Å². The Morgan fingerprint density at radius 1 is 1.20 bits per heavy atom. The average Bonchev–Trinajstić information content (AvgIpc) is 2.41. The van der Waals surface area contributed by atoms with E-state index < -0.39 is 11.6 Å². The Hall–Kier alpha value is -2.10. The molecule has 0 aliphatic carbocycles. The normalized spacial score (nSPS) is 15.1. The standard InChI is InChI=1S/C16H17F2NO/c1-5-19-11(3)10(2)6-7-15(19)12-8-13(17)16(20-4)14(18)9-12/h6-9H,3,5H2,1-2,4H3. The minimum absolute atomic E-state index is 0.362. The van der Waals surface area contributed by atoms with Gasteiger partial charge in [-0.05, 0) is 37.6 Å². The van der Waals surface area contributed by atoms with Gasteiger partial charge in [-0.25, -0.2) is 8.78 Å². The van der Waals surface area contributed by atoms with E-state index in [1.807, 2.05) is 30.9 Å². The number of rotatable bonds is 3. The number of likely N-dealkylation sites (N-methyl/N-ethyl adjacent to an activating group) is 1. The second-order valence-corrected chi connectivity index (χ2v) is 4.57. The van der Waals surface area contributed by atoms with Crippen LogP contribution in [0.1, 0.15) is 19.4 Å². The quantitative estimate of drug-likeness (QED) is 0.824. The van der Waals surface area contributed by atoms with E-state index in [4.69, 9.17) is 4.74 Å². The molecule has 20 heavy (non-hydrogen) atoms. The van der Waals surface area contributed by atoms with Crippen molar-refractivity contribution < 1.29 is 13.5 Å². The van der Waals surface area contributed by atoms with E-state index in [0.29, 0.717) is 12.1 Å². The average molecular weight is 277 g/mol. The van der Waals surface area contributed by atoms with Gasteiger partial charge in [0.2, 0.25) is 0 Å². The van der Waals surface area contributed by atoms with E-state index in [2.05, 4.69) is 6.58 Å². The van der Waals surface area contributed by atoms with Crippen molar-refractivity contribution in [2.24, 2.45) is 0 Å². The smallest absolute Gasteiger partial charge is 0.190 e. The summed E-state index contributed by atoms with van der Waals surface area (Å²) in [5, 5.41) is 0. The molecule has 1 aromatic carbocycles.